The van der Waals surface area contributed by atoms with Crippen LogP contribution in [0.4, 0.5) is 0 Å². The van der Waals surface area contributed by atoms with E-state index in [4.69, 9.17) is 4.74 Å². The first-order valence-corrected chi connectivity index (χ1v) is 13.7. The van der Waals surface area contributed by atoms with Crippen molar-refractivity contribution in [3.05, 3.63) is 88.8 Å². The summed E-state index contributed by atoms with van der Waals surface area (Å²) >= 11 is 0. The Morgan fingerprint density at radius 1 is 1.03 bits per heavy atom. The van der Waals surface area contributed by atoms with Gasteiger partial charge in [-0.1, -0.05) is 56.3 Å². The second-order valence-corrected chi connectivity index (χ2v) is 10.5. The molecule has 204 valence electrons. The number of ketones is 1. The minimum absolute atomic E-state index is 0.111. The smallest absolute Gasteiger partial charge is 0.295 e. The van der Waals surface area contributed by atoms with E-state index >= 15 is 0 Å². The van der Waals surface area contributed by atoms with Crippen molar-refractivity contribution in [3.8, 4) is 5.69 Å². The molecule has 0 saturated carbocycles. The molecule has 1 amide bonds. The largest absolute Gasteiger partial charge is 0.507 e. The summed E-state index contributed by atoms with van der Waals surface area (Å²) in [6, 6.07) is 16.9. The Morgan fingerprint density at radius 3 is 2.38 bits per heavy atom. The van der Waals surface area contributed by atoms with Crippen LogP contribution in [0.3, 0.4) is 0 Å². The van der Waals surface area contributed by atoms with E-state index in [0.29, 0.717) is 36.9 Å². The molecule has 2 saturated heterocycles. The van der Waals surface area contributed by atoms with Gasteiger partial charge in [0.25, 0.3) is 11.7 Å². The zero-order chi connectivity index (χ0) is 27.5. The predicted molar refractivity (Wildman–Crippen MR) is 150 cm³/mol. The number of carbonyl (C=O) groups is 2. The van der Waals surface area contributed by atoms with Crippen LogP contribution < -0.4 is 0 Å². The van der Waals surface area contributed by atoms with E-state index in [0.717, 1.165) is 37.3 Å². The van der Waals surface area contributed by atoms with Gasteiger partial charge < -0.3 is 14.7 Å². The first kappa shape index (κ1) is 26.8. The number of amides is 1. The molecule has 0 bridgehead atoms. The van der Waals surface area contributed by atoms with Gasteiger partial charge in [-0.3, -0.25) is 14.5 Å². The molecule has 8 heteroatoms. The number of aliphatic hydroxyl groups is 1. The molecule has 2 fully saturated rings. The van der Waals surface area contributed by atoms with Gasteiger partial charge in [-0.2, -0.15) is 5.10 Å². The van der Waals surface area contributed by atoms with Crippen molar-refractivity contribution in [1.29, 1.82) is 0 Å². The average molecular weight is 529 g/mol. The third kappa shape index (κ3) is 5.40. The number of nitrogens with zero attached hydrogens (tertiary/aromatic N) is 4. The van der Waals surface area contributed by atoms with Gasteiger partial charge in [0.05, 0.1) is 48.0 Å². The van der Waals surface area contributed by atoms with E-state index in [1.165, 1.54) is 5.56 Å². The molecule has 2 aliphatic rings. The maximum absolute atomic E-state index is 13.5. The van der Waals surface area contributed by atoms with Gasteiger partial charge in [-0.25, -0.2) is 4.68 Å². The van der Waals surface area contributed by atoms with Crippen LogP contribution in [-0.2, 0) is 14.3 Å². The number of aliphatic hydroxyl groups excluding tert-OH is 1. The highest BCUT2D eigenvalue weighted by molar-refractivity contribution is 6.46. The van der Waals surface area contributed by atoms with Gasteiger partial charge >= 0.3 is 0 Å². The Kier molecular flexibility index (Phi) is 7.95. The Morgan fingerprint density at radius 2 is 1.72 bits per heavy atom. The molecule has 0 aliphatic carbocycles. The molecule has 39 heavy (non-hydrogen) atoms. The topological polar surface area (TPSA) is 87.9 Å². The normalized spacial score (nSPS) is 19.8. The number of benzene rings is 2. The molecule has 1 atom stereocenters. The highest BCUT2D eigenvalue weighted by atomic mass is 16.5. The molecule has 3 heterocycles. The minimum atomic E-state index is -0.671. The Balaban J connectivity index is 1.51. The molecular formula is C31H36N4O4. The fourth-order valence-corrected chi connectivity index (χ4v) is 5.43. The lowest BCUT2D eigenvalue weighted by molar-refractivity contribution is -0.140. The fourth-order valence-electron chi connectivity index (χ4n) is 5.43. The van der Waals surface area contributed by atoms with E-state index in [1.54, 1.807) is 15.8 Å². The molecule has 1 aromatic heterocycles. The lowest BCUT2D eigenvalue weighted by Crippen LogP contribution is -2.38. The summed E-state index contributed by atoms with van der Waals surface area (Å²) in [7, 11) is 0. The molecule has 1 unspecified atom stereocenters. The molecule has 8 nitrogen and oxygen atoms in total. The third-order valence-corrected chi connectivity index (χ3v) is 7.70. The van der Waals surface area contributed by atoms with Crippen LogP contribution in [0.1, 0.15) is 54.6 Å². The molecule has 2 aromatic carbocycles. The van der Waals surface area contributed by atoms with Gasteiger partial charge in [0.1, 0.15) is 5.76 Å². The second-order valence-electron chi connectivity index (χ2n) is 10.5. The number of para-hydroxylation sites is 1. The zero-order valence-electron chi connectivity index (χ0n) is 22.8. The number of hydrogen-bond acceptors (Lipinski definition) is 6. The summed E-state index contributed by atoms with van der Waals surface area (Å²) in [5.74, 6) is -1.08. The minimum Gasteiger partial charge on any atom is -0.507 e. The lowest BCUT2D eigenvalue weighted by Gasteiger charge is -2.29. The molecular weight excluding hydrogens is 492 g/mol. The number of aromatic nitrogens is 2. The molecule has 2 aliphatic heterocycles. The highest BCUT2D eigenvalue weighted by Crippen LogP contribution is 2.40. The van der Waals surface area contributed by atoms with Gasteiger partial charge in [0, 0.05) is 26.2 Å². The number of likely N-dealkylation sites (tertiary alicyclic amines) is 1. The van der Waals surface area contributed by atoms with Crippen molar-refractivity contribution in [1.82, 2.24) is 19.6 Å². The number of rotatable bonds is 8. The number of morpholine rings is 1. The summed E-state index contributed by atoms with van der Waals surface area (Å²) < 4.78 is 7.16. The fraction of sp³-hybridized carbons (Fsp3) is 0.387. The average Bonchev–Trinajstić information content (AvgIpc) is 3.46. The SMILES string of the molecule is Cc1c(C(O)=C2C(=O)C(=O)N(CCCN3CCOCC3)C2c2ccc(C(C)C)cc2)cnn1-c1ccccc1. The molecule has 0 spiro atoms. The van der Waals surface area contributed by atoms with Crippen molar-refractivity contribution >= 4 is 17.4 Å². The van der Waals surface area contributed by atoms with E-state index in [9.17, 15) is 14.7 Å². The Bertz CT molecular complexity index is 1350. The summed E-state index contributed by atoms with van der Waals surface area (Å²) in [4.78, 5) is 30.8. The van der Waals surface area contributed by atoms with Crippen molar-refractivity contribution in [2.75, 3.05) is 39.4 Å². The van der Waals surface area contributed by atoms with Crippen LogP contribution in [0.5, 0.6) is 0 Å². The molecule has 5 rings (SSSR count). The first-order chi connectivity index (χ1) is 18.9. The van der Waals surface area contributed by atoms with Gasteiger partial charge in [-0.05, 0) is 42.5 Å². The van der Waals surface area contributed by atoms with E-state index in [1.807, 2.05) is 61.5 Å². The van der Waals surface area contributed by atoms with Crippen LogP contribution in [-0.4, -0.2) is 75.8 Å². The van der Waals surface area contributed by atoms with Gasteiger partial charge in [0.15, 0.2) is 0 Å². The number of Topliss-reactive ketones (excluding diaryl/α,β-unsaturated/α-hetero) is 1. The van der Waals surface area contributed by atoms with Gasteiger partial charge in [0.2, 0.25) is 0 Å². The summed E-state index contributed by atoms with van der Waals surface area (Å²) in [5.41, 5.74) is 4.06. The Labute approximate surface area is 229 Å². The number of hydrogen-bond donors (Lipinski definition) is 1. The third-order valence-electron chi connectivity index (χ3n) is 7.70. The zero-order valence-corrected chi connectivity index (χ0v) is 22.8. The number of ether oxygens (including phenoxy) is 1. The molecule has 3 aromatic rings. The number of carbonyl (C=O) groups excluding carboxylic acids is 2. The second kappa shape index (κ2) is 11.6. The first-order valence-electron chi connectivity index (χ1n) is 13.7. The van der Waals surface area contributed by atoms with Crippen molar-refractivity contribution in [2.24, 2.45) is 0 Å². The monoisotopic (exact) mass is 528 g/mol. The van der Waals surface area contributed by atoms with Crippen molar-refractivity contribution in [3.63, 3.8) is 0 Å². The van der Waals surface area contributed by atoms with E-state index in [-0.39, 0.29) is 11.3 Å². The van der Waals surface area contributed by atoms with Crippen LogP contribution in [0.25, 0.3) is 11.4 Å². The van der Waals surface area contributed by atoms with E-state index in [2.05, 4.69) is 23.8 Å². The van der Waals surface area contributed by atoms with Crippen LogP contribution in [0.2, 0.25) is 0 Å². The molecule has 1 N–H and O–H groups in total. The van der Waals surface area contributed by atoms with Crippen LogP contribution in [0, 0.1) is 6.92 Å². The van der Waals surface area contributed by atoms with Crippen LogP contribution >= 0.6 is 0 Å². The standard InChI is InChI=1S/C31H36N4O4/c1-21(2)23-10-12-24(13-11-23)28-27(29(36)26-20-32-35(22(26)3)25-8-5-4-6-9-25)30(37)31(38)34(28)15-7-14-33-16-18-39-19-17-33/h4-6,8-13,20-21,28,36H,7,14-19H2,1-3H3. The van der Waals surface area contributed by atoms with Gasteiger partial charge in [-0.15, -0.1) is 0 Å². The maximum Gasteiger partial charge on any atom is 0.295 e. The summed E-state index contributed by atoms with van der Waals surface area (Å²) in [6.07, 6.45) is 2.28. The highest BCUT2D eigenvalue weighted by Gasteiger charge is 2.46. The van der Waals surface area contributed by atoms with E-state index < -0.39 is 17.7 Å². The lowest BCUT2D eigenvalue weighted by atomic mass is 9.93. The predicted octanol–water partition coefficient (Wildman–Crippen LogP) is 4.45. The Hall–Kier alpha value is -3.75. The molecule has 0 radical (unpaired) electrons. The summed E-state index contributed by atoms with van der Waals surface area (Å²) in [6.45, 7) is 10.5. The van der Waals surface area contributed by atoms with Crippen LogP contribution in [0.15, 0.2) is 66.4 Å². The van der Waals surface area contributed by atoms with Crippen molar-refractivity contribution in [2.45, 2.75) is 39.2 Å². The summed E-state index contributed by atoms with van der Waals surface area (Å²) in [5, 5.41) is 16.0. The maximum atomic E-state index is 13.5. The van der Waals surface area contributed by atoms with Crippen molar-refractivity contribution < 1.29 is 19.4 Å². The quantitative estimate of drug-likeness (QED) is 0.264.